The minimum atomic E-state index is -0.283. The van der Waals surface area contributed by atoms with E-state index in [4.69, 9.17) is 0 Å². The van der Waals surface area contributed by atoms with Crippen molar-refractivity contribution >= 4 is 11.6 Å². The van der Waals surface area contributed by atoms with Crippen LogP contribution in [0.15, 0.2) is 91.0 Å². The first-order valence-corrected chi connectivity index (χ1v) is 10.0. The van der Waals surface area contributed by atoms with Crippen molar-refractivity contribution in [3.63, 3.8) is 0 Å². The first-order valence-electron chi connectivity index (χ1n) is 10.0. The molecule has 0 bridgehead atoms. The molecule has 3 aromatic carbocycles. The molecule has 3 heteroatoms. The zero-order chi connectivity index (χ0) is 19.2. The van der Waals surface area contributed by atoms with Crippen LogP contribution in [0.5, 0.6) is 0 Å². The molecular weight excluding hydrogens is 344 g/mol. The summed E-state index contributed by atoms with van der Waals surface area (Å²) in [6, 6.07) is 30.9. The predicted molar refractivity (Wildman–Crippen MR) is 115 cm³/mol. The highest BCUT2D eigenvalue weighted by Gasteiger charge is 2.27. The third-order valence-electron chi connectivity index (χ3n) is 5.50. The molecule has 0 spiro atoms. The molecule has 142 valence electrons. The second kappa shape index (κ2) is 8.75. The summed E-state index contributed by atoms with van der Waals surface area (Å²) in [7, 11) is 0. The van der Waals surface area contributed by atoms with E-state index in [1.807, 2.05) is 66.7 Å². The largest absolute Gasteiger partial charge is 0.367 e. The summed E-state index contributed by atoms with van der Waals surface area (Å²) in [5, 5.41) is 3.24. The van der Waals surface area contributed by atoms with E-state index in [0.29, 0.717) is 12.6 Å². The molecule has 3 aromatic rings. The average Bonchev–Trinajstić information content (AvgIpc) is 3.23. The van der Waals surface area contributed by atoms with Gasteiger partial charge in [0.2, 0.25) is 5.91 Å². The van der Waals surface area contributed by atoms with Crippen LogP contribution in [0.3, 0.4) is 0 Å². The fraction of sp³-hybridized carbons (Fsp3) is 0.240. The van der Waals surface area contributed by atoms with Crippen LogP contribution in [0.4, 0.5) is 5.69 Å². The molecule has 3 nitrogen and oxygen atoms in total. The summed E-state index contributed by atoms with van der Waals surface area (Å²) in [5.74, 6) is -0.216. The second-order valence-corrected chi connectivity index (χ2v) is 7.32. The number of nitrogens with one attached hydrogen (secondary N) is 1. The highest BCUT2D eigenvalue weighted by atomic mass is 16.1. The maximum Gasteiger partial charge on any atom is 0.232 e. The fourth-order valence-electron chi connectivity index (χ4n) is 4.11. The highest BCUT2D eigenvalue weighted by Crippen LogP contribution is 2.27. The van der Waals surface area contributed by atoms with Crippen LogP contribution < -0.4 is 10.2 Å². The molecule has 0 saturated carbocycles. The summed E-state index contributed by atoms with van der Waals surface area (Å²) in [6.45, 7) is 1.72. The molecule has 1 fully saturated rings. The van der Waals surface area contributed by atoms with Gasteiger partial charge in [0.1, 0.15) is 0 Å². The van der Waals surface area contributed by atoms with Gasteiger partial charge >= 0.3 is 0 Å². The van der Waals surface area contributed by atoms with Crippen LogP contribution in [0, 0.1) is 0 Å². The molecule has 1 aliphatic rings. The zero-order valence-corrected chi connectivity index (χ0v) is 16.0. The van der Waals surface area contributed by atoms with E-state index in [-0.39, 0.29) is 11.8 Å². The van der Waals surface area contributed by atoms with Crippen LogP contribution >= 0.6 is 0 Å². The third kappa shape index (κ3) is 4.09. The number of carbonyl (C=O) groups is 1. The molecular formula is C25H26N2O. The third-order valence-corrected chi connectivity index (χ3v) is 5.50. The molecule has 1 atom stereocenters. The number of hydrogen-bond acceptors (Lipinski definition) is 2. The van der Waals surface area contributed by atoms with Crippen molar-refractivity contribution in [3.05, 3.63) is 102 Å². The number of nitrogens with zero attached hydrogens (tertiary/aromatic N) is 1. The van der Waals surface area contributed by atoms with E-state index >= 15 is 0 Å². The minimum Gasteiger partial charge on any atom is -0.367 e. The summed E-state index contributed by atoms with van der Waals surface area (Å²) >= 11 is 0. The van der Waals surface area contributed by atoms with Crippen molar-refractivity contribution in [1.82, 2.24) is 5.32 Å². The van der Waals surface area contributed by atoms with E-state index in [9.17, 15) is 4.79 Å². The van der Waals surface area contributed by atoms with Crippen LogP contribution in [-0.4, -0.2) is 25.0 Å². The van der Waals surface area contributed by atoms with Gasteiger partial charge in [-0.15, -0.1) is 0 Å². The Labute approximate surface area is 167 Å². The van der Waals surface area contributed by atoms with E-state index in [2.05, 4.69) is 34.5 Å². The number of hydrogen-bond donors (Lipinski definition) is 1. The van der Waals surface area contributed by atoms with Gasteiger partial charge in [-0.25, -0.2) is 0 Å². The summed E-state index contributed by atoms with van der Waals surface area (Å²) in [6.07, 6.45) is 2.27. The lowest BCUT2D eigenvalue weighted by Gasteiger charge is -2.28. The number of carbonyl (C=O) groups excluding carboxylic acids is 1. The first-order chi connectivity index (χ1) is 13.8. The molecule has 1 aliphatic heterocycles. The maximum absolute atomic E-state index is 13.2. The van der Waals surface area contributed by atoms with Crippen molar-refractivity contribution in [2.24, 2.45) is 0 Å². The Bertz CT molecular complexity index is 841. The van der Waals surface area contributed by atoms with E-state index < -0.39 is 0 Å². The van der Waals surface area contributed by atoms with Crippen molar-refractivity contribution < 1.29 is 4.79 Å². The average molecular weight is 370 g/mol. The SMILES string of the molecule is O=C(NC[C@@H]1CCCN1c1ccccc1)C(c1ccccc1)c1ccccc1. The Balaban J connectivity index is 1.49. The van der Waals surface area contributed by atoms with E-state index in [0.717, 1.165) is 30.5 Å². The lowest BCUT2D eigenvalue weighted by Crippen LogP contribution is -2.42. The standard InChI is InChI=1S/C25H26N2O/c28-25(24(20-11-4-1-5-12-20)21-13-6-2-7-14-21)26-19-23-17-10-18-27(23)22-15-8-3-9-16-22/h1-9,11-16,23-24H,10,17-19H2,(H,26,28)/t23-/m0/s1. The van der Waals surface area contributed by atoms with Gasteiger partial charge in [0.15, 0.2) is 0 Å². The van der Waals surface area contributed by atoms with Gasteiger partial charge < -0.3 is 10.2 Å². The molecule has 1 amide bonds. The number of rotatable bonds is 6. The highest BCUT2D eigenvalue weighted by molar-refractivity contribution is 5.87. The summed E-state index contributed by atoms with van der Waals surface area (Å²) in [5.41, 5.74) is 3.29. The molecule has 28 heavy (non-hydrogen) atoms. The Morgan fingerprint density at radius 1 is 0.857 bits per heavy atom. The van der Waals surface area contributed by atoms with E-state index in [1.165, 1.54) is 5.69 Å². The molecule has 1 heterocycles. The minimum absolute atomic E-state index is 0.0670. The number of benzene rings is 3. The van der Waals surface area contributed by atoms with Gasteiger partial charge in [-0.05, 0) is 36.1 Å². The van der Waals surface area contributed by atoms with Gasteiger partial charge in [0.05, 0.1) is 5.92 Å². The van der Waals surface area contributed by atoms with Gasteiger partial charge in [0, 0.05) is 24.8 Å². The first kappa shape index (κ1) is 18.3. The van der Waals surface area contributed by atoms with Gasteiger partial charge in [-0.3, -0.25) is 4.79 Å². The van der Waals surface area contributed by atoms with Crippen LogP contribution in [0.2, 0.25) is 0 Å². The maximum atomic E-state index is 13.2. The number of anilines is 1. The molecule has 1 N–H and O–H groups in total. The van der Waals surface area contributed by atoms with Crippen LogP contribution in [0.25, 0.3) is 0 Å². The van der Waals surface area contributed by atoms with Crippen molar-refractivity contribution in [2.75, 3.05) is 18.0 Å². The smallest absolute Gasteiger partial charge is 0.232 e. The monoisotopic (exact) mass is 370 g/mol. The molecule has 0 radical (unpaired) electrons. The van der Waals surface area contributed by atoms with Crippen molar-refractivity contribution in [2.45, 2.75) is 24.8 Å². The Morgan fingerprint density at radius 3 is 1.96 bits per heavy atom. The van der Waals surface area contributed by atoms with Crippen molar-refractivity contribution in [1.29, 1.82) is 0 Å². The lowest BCUT2D eigenvalue weighted by atomic mass is 9.90. The normalized spacial score (nSPS) is 16.3. The molecule has 4 rings (SSSR count). The quantitative estimate of drug-likeness (QED) is 0.687. The van der Waals surface area contributed by atoms with E-state index in [1.54, 1.807) is 0 Å². The predicted octanol–water partition coefficient (Wildman–Crippen LogP) is 4.60. The lowest BCUT2D eigenvalue weighted by molar-refractivity contribution is -0.121. The number of amides is 1. The summed E-state index contributed by atoms with van der Waals surface area (Å²) in [4.78, 5) is 15.6. The Hall–Kier alpha value is -3.07. The summed E-state index contributed by atoms with van der Waals surface area (Å²) < 4.78 is 0. The topological polar surface area (TPSA) is 32.3 Å². The van der Waals surface area contributed by atoms with Crippen molar-refractivity contribution in [3.8, 4) is 0 Å². The zero-order valence-electron chi connectivity index (χ0n) is 16.0. The molecule has 0 unspecified atom stereocenters. The Morgan fingerprint density at radius 2 is 1.39 bits per heavy atom. The van der Waals surface area contributed by atoms with Crippen LogP contribution in [0.1, 0.15) is 29.9 Å². The second-order valence-electron chi connectivity index (χ2n) is 7.32. The fourth-order valence-corrected chi connectivity index (χ4v) is 4.11. The van der Waals surface area contributed by atoms with Gasteiger partial charge in [0.25, 0.3) is 0 Å². The van der Waals surface area contributed by atoms with Gasteiger partial charge in [-0.1, -0.05) is 78.9 Å². The molecule has 0 aromatic heterocycles. The van der Waals surface area contributed by atoms with Gasteiger partial charge in [-0.2, -0.15) is 0 Å². The number of para-hydroxylation sites is 1. The molecule has 0 aliphatic carbocycles. The van der Waals surface area contributed by atoms with Crippen LogP contribution in [-0.2, 0) is 4.79 Å². The molecule has 1 saturated heterocycles. The Kier molecular flexibility index (Phi) is 5.72.